The molecule has 7 heteroatoms. The number of aromatic nitrogens is 1. The lowest BCUT2D eigenvalue weighted by Crippen LogP contribution is -2.30. The second-order valence-electron chi connectivity index (χ2n) is 8.18. The number of phenolic OH excluding ortho intramolecular Hbond substituents is 1. The summed E-state index contributed by atoms with van der Waals surface area (Å²) in [6.07, 6.45) is 2.83. The summed E-state index contributed by atoms with van der Waals surface area (Å²) in [5.41, 5.74) is 3.22. The van der Waals surface area contributed by atoms with Gasteiger partial charge in [0.2, 0.25) is 0 Å². The lowest BCUT2D eigenvalue weighted by Gasteiger charge is -2.22. The van der Waals surface area contributed by atoms with Crippen molar-refractivity contribution in [2.24, 2.45) is 0 Å². The molecule has 0 fully saturated rings. The first-order chi connectivity index (χ1) is 17.5. The molecule has 2 atom stereocenters. The number of carbonyl (C=O) groups excluding carboxylic acids is 2. The number of rotatable bonds is 8. The molecule has 2 amide bonds. The number of hydrogen-bond acceptors (Lipinski definition) is 5. The van der Waals surface area contributed by atoms with Gasteiger partial charge in [-0.3, -0.25) is 9.78 Å². The van der Waals surface area contributed by atoms with Gasteiger partial charge in [0.25, 0.3) is 5.91 Å². The SMILES string of the molecule is CC[C@H](NC(=O)O[C@@H](c1ccccc1)c1cccnc1)c1ccc(C(=O)Nc2ccccc2O)cc1. The molecule has 36 heavy (non-hydrogen) atoms. The van der Waals surface area contributed by atoms with Crippen molar-refractivity contribution in [1.29, 1.82) is 0 Å². The molecule has 0 spiro atoms. The van der Waals surface area contributed by atoms with Crippen molar-refractivity contribution in [3.05, 3.63) is 126 Å². The molecule has 0 aliphatic heterocycles. The predicted molar refractivity (Wildman–Crippen MR) is 138 cm³/mol. The Morgan fingerprint density at radius 2 is 1.56 bits per heavy atom. The van der Waals surface area contributed by atoms with Crippen LogP contribution in [0, 0.1) is 0 Å². The number of pyridine rings is 1. The monoisotopic (exact) mass is 481 g/mol. The van der Waals surface area contributed by atoms with Crippen molar-refractivity contribution >= 4 is 17.7 Å². The highest BCUT2D eigenvalue weighted by atomic mass is 16.6. The maximum absolute atomic E-state index is 12.9. The van der Waals surface area contributed by atoms with Crippen LogP contribution in [0.25, 0.3) is 0 Å². The number of anilines is 1. The number of benzene rings is 3. The van der Waals surface area contributed by atoms with E-state index in [4.69, 9.17) is 4.74 Å². The highest BCUT2D eigenvalue weighted by molar-refractivity contribution is 6.05. The molecule has 4 aromatic rings. The van der Waals surface area contributed by atoms with E-state index in [1.807, 2.05) is 43.3 Å². The Labute approximate surface area is 209 Å². The molecule has 182 valence electrons. The van der Waals surface area contributed by atoms with Gasteiger partial charge in [-0.15, -0.1) is 0 Å². The summed E-state index contributed by atoms with van der Waals surface area (Å²) >= 11 is 0. The summed E-state index contributed by atoms with van der Waals surface area (Å²) in [5.74, 6) is -0.345. The van der Waals surface area contributed by atoms with E-state index in [-0.39, 0.29) is 17.7 Å². The zero-order valence-corrected chi connectivity index (χ0v) is 19.8. The van der Waals surface area contributed by atoms with Gasteiger partial charge in [0.1, 0.15) is 5.75 Å². The van der Waals surface area contributed by atoms with E-state index in [1.165, 1.54) is 6.07 Å². The summed E-state index contributed by atoms with van der Waals surface area (Å²) in [4.78, 5) is 29.6. The molecular formula is C29H27N3O4. The van der Waals surface area contributed by atoms with Gasteiger partial charge in [-0.2, -0.15) is 0 Å². The maximum Gasteiger partial charge on any atom is 0.408 e. The molecule has 3 aromatic carbocycles. The fourth-order valence-electron chi connectivity index (χ4n) is 3.83. The van der Waals surface area contributed by atoms with E-state index in [0.29, 0.717) is 17.7 Å². The van der Waals surface area contributed by atoms with Crippen LogP contribution < -0.4 is 10.6 Å². The Hall–Kier alpha value is -4.65. The predicted octanol–water partition coefficient (Wildman–Crippen LogP) is 6.01. The highest BCUT2D eigenvalue weighted by Gasteiger charge is 2.22. The first-order valence-corrected chi connectivity index (χ1v) is 11.7. The number of ether oxygens (including phenoxy) is 1. The maximum atomic E-state index is 12.9. The first kappa shape index (κ1) is 24.5. The molecule has 4 rings (SSSR count). The minimum Gasteiger partial charge on any atom is -0.506 e. The number of alkyl carbamates (subject to hydrolysis) is 1. The average molecular weight is 482 g/mol. The number of hydrogen-bond donors (Lipinski definition) is 3. The summed E-state index contributed by atoms with van der Waals surface area (Å²) in [6.45, 7) is 1.96. The summed E-state index contributed by atoms with van der Waals surface area (Å²) in [7, 11) is 0. The van der Waals surface area contributed by atoms with Crippen molar-refractivity contribution in [2.45, 2.75) is 25.5 Å². The fourth-order valence-corrected chi connectivity index (χ4v) is 3.83. The molecule has 1 heterocycles. The van der Waals surface area contributed by atoms with Gasteiger partial charge in [-0.25, -0.2) is 4.79 Å². The lowest BCUT2D eigenvalue weighted by molar-refractivity contribution is 0.102. The Kier molecular flexibility index (Phi) is 7.93. The van der Waals surface area contributed by atoms with Crippen LogP contribution in [0.15, 0.2) is 103 Å². The highest BCUT2D eigenvalue weighted by Crippen LogP contribution is 2.27. The van der Waals surface area contributed by atoms with E-state index in [2.05, 4.69) is 15.6 Å². The lowest BCUT2D eigenvalue weighted by atomic mass is 10.0. The van der Waals surface area contributed by atoms with Gasteiger partial charge >= 0.3 is 6.09 Å². The number of para-hydroxylation sites is 2. The standard InChI is InChI=1S/C29H27N3O4/c1-2-24(20-14-16-22(17-15-20)28(34)31-25-12-6-7-13-26(25)33)32-29(35)36-27(21-9-4-3-5-10-21)23-11-8-18-30-19-23/h3-19,24,27,33H,2H2,1H3,(H,31,34)(H,32,35)/t24-,27-/m0/s1. The van der Waals surface area contributed by atoms with E-state index in [9.17, 15) is 14.7 Å². The van der Waals surface area contributed by atoms with Crippen molar-refractivity contribution in [1.82, 2.24) is 10.3 Å². The third kappa shape index (κ3) is 6.07. The fraction of sp³-hybridized carbons (Fsp3) is 0.138. The second kappa shape index (κ2) is 11.7. The van der Waals surface area contributed by atoms with Gasteiger partial charge in [-0.05, 0) is 47.9 Å². The topological polar surface area (TPSA) is 101 Å². The number of nitrogens with zero attached hydrogens (tertiary/aromatic N) is 1. The van der Waals surface area contributed by atoms with Crippen LogP contribution in [0.4, 0.5) is 10.5 Å². The van der Waals surface area contributed by atoms with Crippen molar-refractivity contribution in [2.75, 3.05) is 5.32 Å². The molecule has 1 aromatic heterocycles. The van der Waals surface area contributed by atoms with E-state index >= 15 is 0 Å². The molecule has 0 radical (unpaired) electrons. The van der Waals surface area contributed by atoms with E-state index in [1.54, 1.807) is 60.9 Å². The summed E-state index contributed by atoms with van der Waals surface area (Å²) < 4.78 is 5.84. The normalized spacial score (nSPS) is 12.2. The molecule has 0 bridgehead atoms. The van der Waals surface area contributed by atoms with Crippen LogP contribution >= 0.6 is 0 Å². The smallest absolute Gasteiger partial charge is 0.408 e. The van der Waals surface area contributed by atoms with Crippen LogP contribution in [0.2, 0.25) is 0 Å². The average Bonchev–Trinajstić information content (AvgIpc) is 2.92. The zero-order chi connectivity index (χ0) is 25.3. The van der Waals surface area contributed by atoms with Crippen molar-refractivity contribution in [3.63, 3.8) is 0 Å². The van der Waals surface area contributed by atoms with E-state index in [0.717, 1.165) is 16.7 Å². The molecule has 0 aliphatic rings. The largest absolute Gasteiger partial charge is 0.506 e. The van der Waals surface area contributed by atoms with Crippen LogP contribution in [-0.4, -0.2) is 22.1 Å². The molecule has 0 saturated heterocycles. The Morgan fingerprint density at radius 1 is 0.861 bits per heavy atom. The van der Waals surface area contributed by atoms with Crippen LogP contribution in [0.5, 0.6) is 5.75 Å². The van der Waals surface area contributed by atoms with Gasteiger partial charge in [0.05, 0.1) is 11.7 Å². The summed E-state index contributed by atoms with van der Waals surface area (Å²) in [5, 5.41) is 15.5. The molecule has 0 unspecified atom stereocenters. The third-order valence-corrected chi connectivity index (χ3v) is 5.74. The number of nitrogens with one attached hydrogen (secondary N) is 2. The second-order valence-corrected chi connectivity index (χ2v) is 8.18. The minimum atomic E-state index is -0.599. The van der Waals surface area contributed by atoms with Gasteiger partial charge in [-0.1, -0.05) is 67.6 Å². The van der Waals surface area contributed by atoms with Crippen molar-refractivity contribution in [3.8, 4) is 5.75 Å². The molecule has 0 saturated carbocycles. The first-order valence-electron chi connectivity index (χ1n) is 11.7. The van der Waals surface area contributed by atoms with Crippen molar-refractivity contribution < 1.29 is 19.4 Å². The number of amides is 2. The summed E-state index contributed by atoms with van der Waals surface area (Å²) in [6, 6.07) is 26.4. The molecular weight excluding hydrogens is 454 g/mol. The Morgan fingerprint density at radius 3 is 2.22 bits per heavy atom. The van der Waals surface area contributed by atoms with Crippen LogP contribution in [-0.2, 0) is 4.74 Å². The number of phenols is 1. The Balaban J connectivity index is 1.44. The minimum absolute atomic E-state index is 0.00341. The molecule has 0 aliphatic carbocycles. The van der Waals surface area contributed by atoms with Crippen LogP contribution in [0.1, 0.15) is 52.5 Å². The van der Waals surface area contributed by atoms with Crippen LogP contribution in [0.3, 0.4) is 0 Å². The number of aromatic hydroxyl groups is 1. The molecule has 7 nitrogen and oxygen atoms in total. The van der Waals surface area contributed by atoms with E-state index < -0.39 is 12.2 Å². The van der Waals surface area contributed by atoms with Gasteiger partial charge in [0, 0.05) is 23.5 Å². The number of carbonyl (C=O) groups is 2. The quantitative estimate of drug-likeness (QED) is 0.268. The third-order valence-electron chi connectivity index (χ3n) is 5.74. The molecule has 3 N–H and O–H groups in total. The van der Waals surface area contributed by atoms with Gasteiger partial charge < -0.3 is 20.5 Å². The zero-order valence-electron chi connectivity index (χ0n) is 19.8. The van der Waals surface area contributed by atoms with Gasteiger partial charge in [0.15, 0.2) is 6.10 Å². The Bertz CT molecular complexity index is 1260.